The van der Waals surface area contributed by atoms with E-state index in [9.17, 15) is 5.11 Å². The Labute approximate surface area is 122 Å². The Balaban J connectivity index is 0. The van der Waals surface area contributed by atoms with Crippen molar-refractivity contribution in [3.05, 3.63) is 0 Å². The van der Waals surface area contributed by atoms with Crippen molar-refractivity contribution < 1.29 is 29.1 Å². The molecule has 0 saturated heterocycles. The van der Waals surface area contributed by atoms with Gasteiger partial charge in [0.15, 0.2) is 0 Å². The molecule has 0 aromatic carbocycles. The molecule has 0 unspecified atom stereocenters. The summed E-state index contributed by atoms with van der Waals surface area (Å²) in [6, 6.07) is 0. The topological polar surface area (TPSA) is 23.1 Å². The van der Waals surface area contributed by atoms with Crippen LogP contribution in [-0.2, 0) is 0 Å². The van der Waals surface area contributed by atoms with Crippen molar-refractivity contribution in [1.82, 2.24) is 0 Å². The van der Waals surface area contributed by atoms with E-state index >= 15 is 0 Å². The predicted octanol–water partition coefficient (Wildman–Crippen LogP) is -0.747. The molecule has 1 rings (SSSR count). The number of hydrogen-bond acceptors (Lipinski definition) is 1. The van der Waals surface area contributed by atoms with Crippen molar-refractivity contribution in [2.45, 2.75) is 70.3 Å². The molecule has 0 heterocycles. The molecule has 1 nitrogen and oxygen atoms in total. The number of halogens is 1. The van der Waals surface area contributed by atoms with Crippen LogP contribution in [0.2, 0.25) is 0 Å². The van der Waals surface area contributed by atoms with Crippen LogP contribution in [0.4, 0.5) is 0 Å². The monoisotopic (exact) mass is 320 g/mol. The van der Waals surface area contributed by atoms with E-state index in [2.05, 4.69) is 6.92 Å². The van der Waals surface area contributed by atoms with Crippen molar-refractivity contribution in [2.24, 2.45) is 0 Å². The molecular formula is C11H21IMgO. The van der Waals surface area contributed by atoms with E-state index in [0.29, 0.717) is 0 Å². The van der Waals surface area contributed by atoms with Crippen molar-refractivity contribution in [1.29, 1.82) is 0 Å². The molecule has 1 aliphatic rings. The molecule has 0 spiro atoms. The predicted molar refractivity (Wildman–Crippen MR) is 55.7 cm³/mol. The van der Waals surface area contributed by atoms with Crippen LogP contribution in [0.3, 0.4) is 0 Å². The van der Waals surface area contributed by atoms with Gasteiger partial charge in [0.2, 0.25) is 0 Å². The Morgan fingerprint density at radius 3 is 2.00 bits per heavy atom. The van der Waals surface area contributed by atoms with Crippen molar-refractivity contribution in [3.8, 4) is 0 Å². The summed E-state index contributed by atoms with van der Waals surface area (Å²) in [6.07, 6.45) is 10.0. The van der Waals surface area contributed by atoms with E-state index in [1.165, 1.54) is 32.1 Å². The van der Waals surface area contributed by atoms with Crippen molar-refractivity contribution in [2.75, 3.05) is 0 Å². The van der Waals surface area contributed by atoms with Crippen molar-refractivity contribution in [3.63, 3.8) is 0 Å². The van der Waals surface area contributed by atoms with Crippen LogP contribution in [0.1, 0.15) is 64.7 Å². The molecule has 14 heavy (non-hydrogen) atoms. The van der Waals surface area contributed by atoms with E-state index in [0.717, 1.165) is 25.7 Å². The van der Waals surface area contributed by atoms with Crippen molar-refractivity contribution >= 4 is 23.1 Å². The van der Waals surface area contributed by atoms with Gasteiger partial charge in [0.05, 0.1) is 0 Å². The summed E-state index contributed by atoms with van der Waals surface area (Å²) >= 11 is 0. The molecule has 1 aliphatic carbocycles. The van der Waals surface area contributed by atoms with E-state index in [1.54, 1.807) is 0 Å². The van der Waals surface area contributed by atoms with E-state index in [4.69, 9.17) is 0 Å². The maximum Gasteiger partial charge on any atom is 2.00 e. The first-order valence-electron chi connectivity index (χ1n) is 5.47. The van der Waals surface area contributed by atoms with Crippen LogP contribution in [0.15, 0.2) is 0 Å². The fourth-order valence-corrected chi connectivity index (χ4v) is 2.12. The molecule has 3 heteroatoms. The third-order valence-corrected chi connectivity index (χ3v) is 3.00. The second-order valence-corrected chi connectivity index (χ2v) is 4.20. The maximum atomic E-state index is 12.1. The quantitative estimate of drug-likeness (QED) is 0.381. The Kier molecular flexibility index (Phi) is 12.3. The third-order valence-electron chi connectivity index (χ3n) is 3.00. The molecule has 0 aliphatic heterocycles. The summed E-state index contributed by atoms with van der Waals surface area (Å²) in [5.41, 5.74) is -0.535. The van der Waals surface area contributed by atoms with Gasteiger partial charge in [-0.2, -0.15) is 0 Å². The van der Waals surface area contributed by atoms with Gasteiger partial charge in [-0.1, -0.05) is 64.7 Å². The minimum Gasteiger partial charge on any atom is -1.00 e. The smallest absolute Gasteiger partial charge is 1.00 e. The zero-order valence-corrected chi connectivity index (χ0v) is 12.9. The second-order valence-electron chi connectivity index (χ2n) is 4.20. The maximum absolute atomic E-state index is 12.1. The third kappa shape index (κ3) is 6.85. The van der Waals surface area contributed by atoms with Gasteiger partial charge >= 0.3 is 23.1 Å². The SMILES string of the molecule is CCCCC1([O-])CCCCCC1.[I-].[Mg+2]. The largest absolute Gasteiger partial charge is 2.00 e. The van der Waals surface area contributed by atoms with Crippen LogP contribution < -0.4 is 29.1 Å². The Hall–Kier alpha value is 1.46. The number of unbranched alkanes of at least 4 members (excludes halogenated alkanes) is 1. The normalized spacial score (nSPS) is 20.1. The molecule has 0 aromatic rings. The summed E-state index contributed by atoms with van der Waals surface area (Å²) in [6.45, 7) is 2.17. The van der Waals surface area contributed by atoms with Crippen LogP contribution in [0, 0.1) is 0 Å². The first-order chi connectivity index (χ1) is 5.77. The molecule has 0 amide bonds. The van der Waals surface area contributed by atoms with Gasteiger partial charge in [-0.15, -0.1) is 5.60 Å². The zero-order valence-electron chi connectivity index (χ0n) is 9.36. The van der Waals surface area contributed by atoms with Gasteiger partial charge in [0.1, 0.15) is 0 Å². The standard InChI is InChI=1S/C11H21O.HI.Mg/c1-2-3-8-11(12)9-6-4-5-7-10-11;;/h2-10H2,1H3;1H;/q-1;;+2/p-1. The Bertz CT molecular complexity index is 122. The fraction of sp³-hybridized carbons (Fsp3) is 1.00. The first-order valence-corrected chi connectivity index (χ1v) is 5.47. The fourth-order valence-electron chi connectivity index (χ4n) is 2.12. The summed E-state index contributed by atoms with van der Waals surface area (Å²) in [4.78, 5) is 0. The van der Waals surface area contributed by atoms with E-state index < -0.39 is 5.60 Å². The minimum atomic E-state index is -0.535. The average molecular weight is 320 g/mol. The summed E-state index contributed by atoms with van der Waals surface area (Å²) in [7, 11) is 0. The molecule has 1 fully saturated rings. The Morgan fingerprint density at radius 2 is 1.57 bits per heavy atom. The Morgan fingerprint density at radius 1 is 1.07 bits per heavy atom. The first kappa shape index (κ1) is 17.8. The molecule has 0 N–H and O–H groups in total. The molecule has 0 bridgehead atoms. The van der Waals surface area contributed by atoms with Gasteiger partial charge < -0.3 is 29.1 Å². The van der Waals surface area contributed by atoms with Gasteiger partial charge in [0, 0.05) is 0 Å². The molecule has 80 valence electrons. The summed E-state index contributed by atoms with van der Waals surface area (Å²) in [5, 5.41) is 12.1. The van der Waals surface area contributed by atoms with Gasteiger partial charge in [0.25, 0.3) is 0 Å². The molecule has 0 aromatic heterocycles. The molecular weight excluding hydrogens is 299 g/mol. The van der Waals surface area contributed by atoms with Gasteiger partial charge in [-0.25, -0.2) is 0 Å². The summed E-state index contributed by atoms with van der Waals surface area (Å²) in [5.74, 6) is 0. The summed E-state index contributed by atoms with van der Waals surface area (Å²) < 4.78 is 0. The zero-order chi connectivity index (χ0) is 8.86. The van der Waals surface area contributed by atoms with Crippen LogP contribution in [0.5, 0.6) is 0 Å². The van der Waals surface area contributed by atoms with Crippen LogP contribution in [-0.4, -0.2) is 28.7 Å². The van der Waals surface area contributed by atoms with E-state index in [-0.39, 0.29) is 47.0 Å². The minimum absolute atomic E-state index is 0. The number of hydrogen-bond donors (Lipinski definition) is 0. The average Bonchev–Trinajstić information content (AvgIpc) is 2.27. The molecule has 0 radical (unpaired) electrons. The number of rotatable bonds is 3. The van der Waals surface area contributed by atoms with E-state index in [1.807, 2.05) is 0 Å². The van der Waals surface area contributed by atoms with Gasteiger partial charge in [-0.3, -0.25) is 0 Å². The molecule has 1 saturated carbocycles. The van der Waals surface area contributed by atoms with Gasteiger partial charge in [-0.05, 0) is 0 Å². The van der Waals surface area contributed by atoms with Crippen LogP contribution >= 0.6 is 0 Å². The second kappa shape index (κ2) is 9.67. The molecule has 0 atom stereocenters. The van der Waals surface area contributed by atoms with Crippen LogP contribution in [0.25, 0.3) is 0 Å².